The van der Waals surface area contributed by atoms with E-state index in [2.05, 4.69) is 25.6 Å². The molecule has 0 aliphatic carbocycles. The van der Waals surface area contributed by atoms with Gasteiger partial charge in [0.25, 0.3) is 5.91 Å². The molecular formula is C21H22F2N4O3. The summed E-state index contributed by atoms with van der Waals surface area (Å²) < 4.78 is 33.9. The van der Waals surface area contributed by atoms with Crippen molar-refractivity contribution in [2.75, 3.05) is 31.6 Å². The normalized spacial score (nSPS) is 13.3. The number of morpholine rings is 1. The molecule has 7 nitrogen and oxygen atoms in total. The van der Waals surface area contributed by atoms with Crippen LogP contribution >= 0.6 is 0 Å². The summed E-state index contributed by atoms with van der Waals surface area (Å²) in [6, 6.07) is 16.6. The van der Waals surface area contributed by atoms with Crippen LogP contribution in [0.2, 0.25) is 0 Å². The van der Waals surface area contributed by atoms with E-state index in [-0.39, 0.29) is 17.4 Å². The first-order valence-corrected chi connectivity index (χ1v) is 9.37. The molecule has 2 aromatic carbocycles. The maximum atomic E-state index is 12.3. The van der Waals surface area contributed by atoms with E-state index in [0.29, 0.717) is 16.9 Å². The Hall–Kier alpha value is -3.30. The Kier molecular flexibility index (Phi) is 7.87. The summed E-state index contributed by atoms with van der Waals surface area (Å²) in [6.07, 6.45) is 0. The zero-order valence-corrected chi connectivity index (χ0v) is 16.1. The van der Waals surface area contributed by atoms with Gasteiger partial charge in [-0.25, -0.2) is 0 Å². The molecule has 9 heteroatoms. The lowest BCUT2D eigenvalue weighted by molar-refractivity contribution is -0.0498. The monoisotopic (exact) mass is 416 g/mol. The van der Waals surface area contributed by atoms with E-state index in [1.807, 2.05) is 18.2 Å². The van der Waals surface area contributed by atoms with E-state index < -0.39 is 6.61 Å². The van der Waals surface area contributed by atoms with Gasteiger partial charge in [0.15, 0.2) is 0 Å². The van der Waals surface area contributed by atoms with Crippen LogP contribution in [0.1, 0.15) is 10.5 Å². The van der Waals surface area contributed by atoms with Crippen molar-refractivity contribution in [2.24, 2.45) is 0 Å². The minimum absolute atomic E-state index is 0.0285. The molecule has 0 spiro atoms. The molecular weight excluding hydrogens is 394 g/mol. The van der Waals surface area contributed by atoms with Crippen LogP contribution in [-0.2, 0) is 4.74 Å². The number of para-hydroxylation sites is 1. The number of ether oxygens (including phenoxy) is 2. The number of carbonyl (C=O) groups is 1. The van der Waals surface area contributed by atoms with Gasteiger partial charge in [0, 0.05) is 24.3 Å². The SMILES string of the molecule is C1COCCN1.O=C(Nc1ccccc1)c1cc(-c2cccc(OC(F)F)c2)n[nH]1. The summed E-state index contributed by atoms with van der Waals surface area (Å²) in [7, 11) is 0. The summed E-state index contributed by atoms with van der Waals surface area (Å²) >= 11 is 0. The minimum Gasteiger partial charge on any atom is -0.435 e. The van der Waals surface area contributed by atoms with Crippen molar-refractivity contribution < 1.29 is 23.0 Å². The lowest BCUT2D eigenvalue weighted by Gasteiger charge is -2.10. The zero-order chi connectivity index (χ0) is 21.2. The smallest absolute Gasteiger partial charge is 0.387 e. The number of amides is 1. The fourth-order valence-corrected chi connectivity index (χ4v) is 2.65. The number of aromatic amines is 1. The van der Waals surface area contributed by atoms with Crippen LogP contribution in [0.5, 0.6) is 5.75 Å². The van der Waals surface area contributed by atoms with Crippen LogP contribution in [0.4, 0.5) is 14.5 Å². The van der Waals surface area contributed by atoms with E-state index in [9.17, 15) is 13.6 Å². The van der Waals surface area contributed by atoms with E-state index in [1.54, 1.807) is 30.3 Å². The number of nitrogens with zero attached hydrogens (tertiary/aromatic N) is 1. The number of hydrogen-bond donors (Lipinski definition) is 3. The second-order valence-electron chi connectivity index (χ2n) is 6.26. The van der Waals surface area contributed by atoms with Crippen molar-refractivity contribution in [3.05, 3.63) is 66.4 Å². The van der Waals surface area contributed by atoms with Crippen molar-refractivity contribution in [1.29, 1.82) is 0 Å². The number of carbonyl (C=O) groups excluding carboxylic acids is 1. The first kappa shape index (κ1) is 21.4. The fraction of sp³-hybridized carbons (Fsp3) is 0.238. The van der Waals surface area contributed by atoms with Gasteiger partial charge in [-0.2, -0.15) is 13.9 Å². The van der Waals surface area contributed by atoms with E-state index in [0.717, 1.165) is 26.3 Å². The standard InChI is InChI=1S/C17H13F2N3O2.C4H9NO/c18-17(19)24-13-8-4-5-11(9-13)14-10-15(22-21-14)16(23)20-12-6-2-1-3-7-12;1-3-6-4-2-5-1/h1-10,17H,(H,20,23)(H,21,22);5H,1-4H2. The molecule has 4 rings (SSSR count). The third kappa shape index (κ3) is 6.64. The molecule has 158 valence electrons. The van der Waals surface area contributed by atoms with Crippen LogP contribution in [-0.4, -0.2) is 49.0 Å². The molecule has 0 saturated carbocycles. The average molecular weight is 416 g/mol. The Morgan fingerprint density at radius 1 is 1.07 bits per heavy atom. The van der Waals surface area contributed by atoms with Crippen molar-refractivity contribution in [2.45, 2.75) is 6.61 Å². The second kappa shape index (κ2) is 11.0. The number of nitrogens with one attached hydrogen (secondary N) is 3. The molecule has 1 amide bonds. The molecule has 1 saturated heterocycles. The third-order valence-electron chi connectivity index (χ3n) is 4.06. The van der Waals surface area contributed by atoms with E-state index >= 15 is 0 Å². The molecule has 1 aromatic heterocycles. The van der Waals surface area contributed by atoms with Crippen LogP contribution in [0.3, 0.4) is 0 Å². The van der Waals surface area contributed by atoms with Gasteiger partial charge >= 0.3 is 6.61 Å². The molecule has 0 bridgehead atoms. The highest BCUT2D eigenvalue weighted by atomic mass is 19.3. The molecule has 1 aliphatic rings. The number of halogens is 2. The number of aromatic nitrogens is 2. The lowest BCUT2D eigenvalue weighted by atomic mass is 10.1. The molecule has 1 fully saturated rings. The Bertz CT molecular complexity index is 919. The molecule has 2 heterocycles. The molecule has 30 heavy (non-hydrogen) atoms. The number of benzene rings is 2. The largest absolute Gasteiger partial charge is 0.435 e. The van der Waals surface area contributed by atoms with Crippen LogP contribution in [0, 0.1) is 0 Å². The van der Waals surface area contributed by atoms with Crippen LogP contribution in [0.25, 0.3) is 11.3 Å². The van der Waals surface area contributed by atoms with E-state index in [1.165, 1.54) is 12.1 Å². The first-order valence-electron chi connectivity index (χ1n) is 9.37. The highest BCUT2D eigenvalue weighted by Crippen LogP contribution is 2.24. The summed E-state index contributed by atoms with van der Waals surface area (Å²) in [5.74, 6) is -0.319. The number of hydrogen-bond acceptors (Lipinski definition) is 5. The summed E-state index contributed by atoms with van der Waals surface area (Å²) in [6.45, 7) is 0.937. The molecule has 3 N–H and O–H groups in total. The topological polar surface area (TPSA) is 88.3 Å². The van der Waals surface area contributed by atoms with Gasteiger partial charge < -0.3 is 20.1 Å². The van der Waals surface area contributed by atoms with Crippen LogP contribution < -0.4 is 15.4 Å². The lowest BCUT2D eigenvalue weighted by Crippen LogP contribution is -2.30. The van der Waals surface area contributed by atoms with Crippen molar-refractivity contribution >= 4 is 11.6 Å². The molecule has 0 radical (unpaired) electrons. The van der Waals surface area contributed by atoms with Crippen molar-refractivity contribution in [3.8, 4) is 17.0 Å². The maximum absolute atomic E-state index is 12.3. The Balaban J connectivity index is 0.000000367. The maximum Gasteiger partial charge on any atom is 0.387 e. The Morgan fingerprint density at radius 3 is 2.47 bits per heavy atom. The summed E-state index contributed by atoms with van der Waals surface area (Å²) in [5.41, 5.74) is 1.93. The van der Waals surface area contributed by atoms with Gasteiger partial charge in [-0.05, 0) is 30.3 Å². The first-order chi connectivity index (χ1) is 14.6. The number of anilines is 1. The van der Waals surface area contributed by atoms with Gasteiger partial charge in [0.1, 0.15) is 11.4 Å². The average Bonchev–Trinajstić information content (AvgIpc) is 3.27. The quantitative estimate of drug-likeness (QED) is 0.592. The predicted molar refractivity (Wildman–Crippen MR) is 109 cm³/mol. The molecule has 0 atom stereocenters. The van der Waals surface area contributed by atoms with Crippen molar-refractivity contribution in [1.82, 2.24) is 15.5 Å². The number of alkyl halides is 2. The minimum atomic E-state index is -2.90. The zero-order valence-electron chi connectivity index (χ0n) is 16.1. The van der Waals surface area contributed by atoms with Gasteiger partial charge in [-0.1, -0.05) is 30.3 Å². The van der Waals surface area contributed by atoms with Crippen molar-refractivity contribution in [3.63, 3.8) is 0 Å². The fourth-order valence-electron chi connectivity index (χ4n) is 2.65. The van der Waals surface area contributed by atoms with Gasteiger partial charge in [0.2, 0.25) is 0 Å². The number of H-pyrrole nitrogens is 1. The highest BCUT2D eigenvalue weighted by molar-refractivity contribution is 6.03. The summed E-state index contributed by atoms with van der Waals surface area (Å²) in [4.78, 5) is 12.2. The predicted octanol–water partition coefficient (Wildman–Crippen LogP) is 3.54. The molecule has 1 aliphatic heterocycles. The summed E-state index contributed by atoms with van der Waals surface area (Å²) in [5, 5.41) is 12.6. The van der Waals surface area contributed by atoms with Gasteiger partial charge in [-0.15, -0.1) is 0 Å². The number of rotatable bonds is 5. The van der Waals surface area contributed by atoms with Gasteiger partial charge in [0.05, 0.1) is 18.9 Å². The van der Waals surface area contributed by atoms with Crippen LogP contribution in [0.15, 0.2) is 60.7 Å². The Morgan fingerprint density at radius 2 is 1.83 bits per heavy atom. The Labute approximate surface area is 172 Å². The molecule has 0 unspecified atom stereocenters. The highest BCUT2D eigenvalue weighted by Gasteiger charge is 2.12. The third-order valence-corrected chi connectivity index (χ3v) is 4.06. The van der Waals surface area contributed by atoms with Gasteiger partial charge in [-0.3, -0.25) is 9.89 Å². The molecule has 3 aromatic rings. The second-order valence-corrected chi connectivity index (χ2v) is 6.26. The van der Waals surface area contributed by atoms with E-state index in [4.69, 9.17) is 4.74 Å².